The van der Waals surface area contributed by atoms with E-state index in [0.29, 0.717) is 24.2 Å². The first-order valence-corrected chi connectivity index (χ1v) is 9.42. The van der Waals surface area contributed by atoms with Crippen molar-refractivity contribution in [2.75, 3.05) is 26.7 Å². The van der Waals surface area contributed by atoms with E-state index in [2.05, 4.69) is 39.2 Å². The van der Waals surface area contributed by atoms with Gasteiger partial charge in [-0.05, 0) is 18.1 Å². The molecule has 1 aliphatic rings. The topological polar surface area (TPSA) is 104 Å². The minimum absolute atomic E-state index is 0.0913. The van der Waals surface area contributed by atoms with E-state index in [1.807, 2.05) is 0 Å². The highest BCUT2D eigenvalue weighted by atomic mass is 16.5. The lowest BCUT2D eigenvalue weighted by atomic mass is 10.1. The van der Waals surface area contributed by atoms with Crippen LogP contribution in [0.4, 0.5) is 0 Å². The molecule has 9 nitrogen and oxygen atoms in total. The molecule has 0 saturated carbocycles. The zero-order valence-corrected chi connectivity index (χ0v) is 16.5. The SMILES string of the molecule is CC(C)CN1CCNC(=O)[C@@H]1CC(=O)N(C)Cc1nc(-c2ccncc2)no1. The molecule has 2 amide bonds. The Kier molecular flexibility index (Phi) is 6.35. The second kappa shape index (κ2) is 8.92. The Bertz CT molecular complexity index is 807. The van der Waals surface area contributed by atoms with Gasteiger partial charge in [-0.15, -0.1) is 0 Å². The van der Waals surface area contributed by atoms with Gasteiger partial charge in [0.2, 0.25) is 23.5 Å². The molecule has 9 heteroatoms. The standard InChI is InChI=1S/C19H26N6O3/c1-13(2)11-25-9-8-21-19(27)15(25)10-17(26)24(3)12-16-22-18(23-28-16)14-4-6-20-7-5-14/h4-7,13,15H,8-12H2,1-3H3,(H,21,27)/t15-/m0/s1. The van der Waals surface area contributed by atoms with E-state index in [4.69, 9.17) is 4.52 Å². The van der Waals surface area contributed by atoms with Crippen LogP contribution >= 0.6 is 0 Å². The summed E-state index contributed by atoms with van der Waals surface area (Å²) in [6.07, 6.45) is 3.43. The molecule has 1 N–H and O–H groups in total. The van der Waals surface area contributed by atoms with Gasteiger partial charge >= 0.3 is 0 Å². The van der Waals surface area contributed by atoms with E-state index in [9.17, 15) is 9.59 Å². The number of pyridine rings is 1. The lowest BCUT2D eigenvalue weighted by molar-refractivity contribution is -0.138. The molecular formula is C19H26N6O3. The number of hydrogen-bond donors (Lipinski definition) is 1. The van der Waals surface area contributed by atoms with Crippen LogP contribution in [0.2, 0.25) is 0 Å². The number of rotatable bonds is 7. The minimum atomic E-state index is -0.443. The fourth-order valence-electron chi connectivity index (χ4n) is 3.22. The van der Waals surface area contributed by atoms with Crippen LogP contribution in [0.1, 0.15) is 26.2 Å². The van der Waals surface area contributed by atoms with Crippen molar-refractivity contribution in [3.63, 3.8) is 0 Å². The molecule has 1 aliphatic heterocycles. The first-order valence-electron chi connectivity index (χ1n) is 9.42. The fourth-order valence-corrected chi connectivity index (χ4v) is 3.22. The van der Waals surface area contributed by atoms with E-state index >= 15 is 0 Å². The summed E-state index contributed by atoms with van der Waals surface area (Å²) < 4.78 is 5.26. The number of carbonyl (C=O) groups excluding carboxylic acids is 2. The first kappa shape index (κ1) is 19.9. The first-order chi connectivity index (χ1) is 13.4. The second-order valence-corrected chi connectivity index (χ2v) is 7.40. The van der Waals surface area contributed by atoms with Crippen molar-refractivity contribution in [1.82, 2.24) is 30.2 Å². The van der Waals surface area contributed by atoms with Crippen LogP contribution in [0.3, 0.4) is 0 Å². The zero-order valence-electron chi connectivity index (χ0n) is 16.5. The largest absolute Gasteiger partial charge is 0.353 e. The molecule has 0 aromatic carbocycles. The Morgan fingerprint density at radius 3 is 2.86 bits per heavy atom. The van der Waals surface area contributed by atoms with Crippen LogP contribution in [-0.4, -0.2) is 69.5 Å². The van der Waals surface area contributed by atoms with Crippen LogP contribution in [0, 0.1) is 5.92 Å². The van der Waals surface area contributed by atoms with Crippen LogP contribution in [0.5, 0.6) is 0 Å². The predicted octanol–water partition coefficient (Wildman–Crippen LogP) is 0.937. The van der Waals surface area contributed by atoms with Gasteiger partial charge in [0.25, 0.3) is 0 Å². The van der Waals surface area contributed by atoms with E-state index in [0.717, 1.165) is 18.7 Å². The van der Waals surface area contributed by atoms with Crippen molar-refractivity contribution in [3.8, 4) is 11.4 Å². The second-order valence-electron chi connectivity index (χ2n) is 7.40. The fraction of sp³-hybridized carbons (Fsp3) is 0.526. The molecule has 0 spiro atoms. The number of nitrogens with one attached hydrogen (secondary N) is 1. The van der Waals surface area contributed by atoms with Crippen molar-refractivity contribution in [1.29, 1.82) is 0 Å². The lowest BCUT2D eigenvalue weighted by Crippen LogP contribution is -2.57. The van der Waals surface area contributed by atoms with Gasteiger partial charge in [0.15, 0.2) is 0 Å². The Morgan fingerprint density at radius 1 is 1.39 bits per heavy atom. The molecule has 28 heavy (non-hydrogen) atoms. The summed E-state index contributed by atoms with van der Waals surface area (Å²) in [4.78, 5) is 36.9. The van der Waals surface area contributed by atoms with Crippen LogP contribution in [0.15, 0.2) is 29.0 Å². The number of aromatic nitrogens is 3. The molecule has 0 aliphatic carbocycles. The quantitative estimate of drug-likeness (QED) is 0.755. The maximum absolute atomic E-state index is 12.7. The predicted molar refractivity (Wildman–Crippen MR) is 102 cm³/mol. The normalized spacial score (nSPS) is 17.6. The number of hydrogen-bond acceptors (Lipinski definition) is 7. The maximum Gasteiger partial charge on any atom is 0.246 e. The van der Waals surface area contributed by atoms with Crippen LogP contribution in [0.25, 0.3) is 11.4 Å². The zero-order chi connectivity index (χ0) is 20.1. The Labute approximate surface area is 164 Å². The van der Waals surface area contributed by atoms with Gasteiger partial charge in [-0.2, -0.15) is 4.98 Å². The average Bonchev–Trinajstić information content (AvgIpc) is 3.13. The molecule has 3 rings (SSSR count). The van der Waals surface area contributed by atoms with E-state index in [1.165, 1.54) is 4.90 Å². The van der Waals surface area contributed by atoms with Gasteiger partial charge in [-0.25, -0.2) is 0 Å². The molecule has 0 unspecified atom stereocenters. The molecule has 3 heterocycles. The summed E-state index contributed by atoms with van der Waals surface area (Å²) in [7, 11) is 1.67. The average molecular weight is 386 g/mol. The lowest BCUT2D eigenvalue weighted by Gasteiger charge is -2.36. The molecule has 2 aromatic rings. The third-order valence-corrected chi connectivity index (χ3v) is 4.61. The molecule has 1 atom stereocenters. The Hall–Kier alpha value is -2.81. The van der Waals surface area contributed by atoms with Gasteiger partial charge in [0, 0.05) is 44.6 Å². The molecule has 2 aromatic heterocycles. The third kappa shape index (κ3) is 4.92. The summed E-state index contributed by atoms with van der Waals surface area (Å²) in [5.41, 5.74) is 0.794. The van der Waals surface area contributed by atoms with E-state index in [1.54, 1.807) is 31.6 Å². The summed E-state index contributed by atoms with van der Waals surface area (Å²) >= 11 is 0. The number of piperazine rings is 1. The van der Waals surface area contributed by atoms with E-state index in [-0.39, 0.29) is 24.8 Å². The van der Waals surface area contributed by atoms with Crippen molar-refractivity contribution < 1.29 is 14.1 Å². The highest BCUT2D eigenvalue weighted by Gasteiger charge is 2.32. The van der Waals surface area contributed by atoms with E-state index < -0.39 is 6.04 Å². The van der Waals surface area contributed by atoms with Gasteiger partial charge in [0.1, 0.15) is 0 Å². The van der Waals surface area contributed by atoms with Crippen LogP contribution in [-0.2, 0) is 16.1 Å². The number of amides is 2. The molecule has 150 valence electrons. The summed E-state index contributed by atoms with van der Waals surface area (Å²) in [6.45, 7) is 6.56. The highest BCUT2D eigenvalue weighted by molar-refractivity contribution is 5.88. The summed E-state index contributed by atoms with van der Waals surface area (Å²) in [5.74, 6) is 0.986. The van der Waals surface area contributed by atoms with Gasteiger partial charge < -0.3 is 14.7 Å². The molecular weight excluding hydrogens is 360 g/mol. The molecule has 0 radical (unpaired) electrons. The van der Waals surface area contributed by atoms with Crippen molar-refractivity contribution in [2.45, 2.75) is 32.9 Å². The van der Waals surface area contributed by atoms with Crippen molar-refractivity contribution in [2.24, 2.45) is 5.92 Å². The van der Waals surface area contributed by atoms with Gasteiger partial charge in [-0.1, -0.05) is 19.0 Å². The Morgan fingerprint density at radius 2 is 2.14 bits per heavy atom. The molecule has 1 saturated heterocycles. The summed E-state index contributed by atoms with van der Waals surface area (Å²) in [5, 5.41) is 6.80. The smallest absolute Gasteiger partial charge is 0.246 e. The van der Waals surface area contributed by atoms with Gasteiger partial charge in [0.05, 0.1) is 19.0 Å². The van der Waals surface area contributed by atoms with Crippen LogP contribution < -0.4 is 5.32 Å². The monoisotopic (exact) mass is 386 g/mol. The minimum Gasteiger partial charge on any atom is -0.353 e. The molecule has 0 bridgehead atoms. The maximum atomic E-state index is 12.7. The highest BCUT2D eigenvalue weighted by Crippen LogP contribution is 2.16. The Balaban J connectivity index is 1.61. The van der Waals surface area contributed by atoms with Crippen molar-refractivity contribution in [3.05, 3.63) is 30.4 Å². The molecule has 1 fully saturated rings. The van der Waals surface area contributed by atoms with Gasteiger partial charge in [-0.3, -0.25) is 19.5 Å². The van der Waals surface area contributed by atoms with Crippen molar-refractivity contribution >= 4 is 11.8 Å². The summed E-state index contributed by atoms with van der Waals surface area (Å²) in [6, 6.07) is 3.13. The number of nitrogens with zero attached hydrogens (tertiary/aromatic N) is 5. The number of carbonyl (C=O) groups is 2. The third-order valence-electron chi connectivity index (χ3n) is 4.61.